The average molecular weight is 914 g/mol. The molecular weight excluding hydrogens is 875 g/mol. The number of hydrogen-bond acceptors (Lipinski definition) is 6. The van der Waals surface area contributed by atoms with Gasteiger partial charge in [0, 0.05) is 17.3 Å². The van der Waals surface area contributed by atoms with Gasteiger partial charge in [-0.1, -0.05) is 85.4 Å². The summed E-state index contributed by atoms with van der Waals surface area (Å²) in [7, 11) is 0. The van der Waals surface area contributed by atoms with Crippen molar-refractivity contribution in [2.45, 2.75) is 39.3 Å². The van der Waals surface area contributed by atoms with E-state index in [-0.39, 0.29) is 38.1 Å². The molecule has 0 spiro atoms. The molecule has 0 radical (unpaired) electrons. The Morgan fingerprint density at radius 3 is 1.66 bits per heavy atom. The maximum Gasteiger partial charge on any atom is 0.418 e. The van der Waals surface area contributed by atoms with Gasteiger partial charge in [0.2, 0.25) is 0 Å². The molecule has 0 aliphatic carbocycles. The van der Waals surface area contributed by atoms with Crippen LogP contribution in [0.1, 0.15) is 37.3 Å². The first kappa shape index (κ1) is 48.2. The van der Waals surface area contributed by atoms with Crippen LogP contribution in [0.4, 0.5) is 50.4 Å². The quantitative estimate of drug-likeness (QED) is 0.0302. The summed E-state index contributed by atoms with van der Waals surface area (Å²) in [4.78, 5) is 0. The van der Waals surface area contributed by atoms with Gasteiger partial charge in [-0.3, -0.25) is 0 Å². The van der Waals surface area contributed by atoms with E-state index < -0.39 is 34.9 Å². The van der Waals surface area contributed by atoms with E-state index in [2.05, 4.69) is 38.8 Å². The van der Waals surface area contributed by atoms with Gasteiger partial charge in [0.1, 0.15) is 0 Å². The Hall–Kier alpha value is -5.20. The molecule has 9 N–H and O–H groups in total. The maximum absolute atomic E-state index is 13.2. The topological polar surface area (TPSA) is 133 Å². The van der Waals surface area contributed by atoms with Crippen molar-refractivity contribution in [3.05, 3.63) is 130 Å². The minimum atomic E-state index is -4.54. The second-order valence-corrected chi connectivity index (χ2v) is 14.1. The van der Waals surface area contributed by atoms with Crippen molar-refractivity contribution in [1.29, 1.82) is 0 Å². The minimum Gasteiger partial charge on any atom is -0.504 e. The standard InChI is InChI=1S/C14H10F4N2OS.C13H18Cl2N2OS.C13H11FN2OS/c15-9-5-3-7-11(12(9)21)20-13(22)19-10-6-2-1-4-8(10)14(16,17)18;1-3-4-5-6-16-13(19)17-10-7-9(14)8(2)11(15)12(10)18;14-10-7-4-8-11(12(10)17)16-13(18)15-9-5-2-1-3-6-9/h1-7,21H,(H2,19,20,22);7,18H,3-6H2,1-2H3,(H2,16,17,19);1-8,17H,(H2,15,16,18). The first-order valence-corrected chi connectivity index (χ1v) is 19.5. The molecule has 0 saturated carbocycles. The molecule has 0 fully saturated rings. The van der Waals surface area contributed by atoms with E-state index in [4.69, 9.17) is 59.9 Å². The number of phenolic OH excluding ortho intramolecular Hbond substituents is 3. The average Bonchev–Trinajstić information content (AvgIpc) is 3.19. The Morgan fingerprint density at radius 2 is 1.10 bits per heavy atom. The highest BCUT2D eigenvalue weighted by atomic mass is 35.5. The summed E-state index contributed by atoms with van der Waals surface area (Å²) in [6, 6.07) is 23.6. The largest absolute Gasteiger partial charge is 0.504 e. The van der Waals surface area contributed by atoms with Gasteiger partial charge in [0.15, 0.2) is 44.2 Å². The van der Waals surface area contributed by atoms with Crippen LogP contribution in [-0.4, -0.2) is 37.2 Å². The van der Waals surface area contributed by atoms with Gasteiger partial charge in [-0.05, 0) is 110 Å². The lowest BCUT2D eigenvalue weighted by Crippen LogP contribution is -2.29. The van der Waals surface area contributed by atoms with E-state index >= 15 is 0 Å². The Bertz CT molecular complexity index is 2220. The predicted molar refractivity (Wildman–Crippen MR) is 240 cm³/mol. The number of unbranched alkanes of at least 4 members (excludes halogenated alkanes) is 2. The van der Waals surface area contributed by atoms with Crippen LogP contribution in [-0.2, 0) is 6.18 Å². The monoisotopic (exact) mass is 912 g/mol. The lowest BCUT2D eigenvalue weighted by molar-refractivity contribution is -0.136. The van der Waals surface area contributed by atoms with Crippen molar-refractivity contribution in [2.24, 2.45) is 0 Å². The third-order valence-corrected chi connectivity index (χ3v) is 9.23. The molecule has 5 aromatic carbocycles. The first-order valence-electron chi connectivity index (χ1n) is 17.5. The number of para-hydroxylation sites is 4. The molecule has 5 aromatic rings. The van der Waals surface area contributed by atoms with Crippen molar-refractivity contribution in [1.82, 2.24) is 5.32 Å². The number of hydrogen-bond donors (Lipinski definition) is 9. The highest BCUT2D eigenvalue weighted by Crippen LogP contribution is 2.39. The van der Waals surface area contributed by atoms with E-state index in [1.165, 1.54) is 48.5 Å². The molecule has 0 aromatic heterocycles. The number of halogens is 7. The summed E-state index contributed by atoms with van der Waals surface area (Å²) in [5.74, 6) is -2.72. The Labute approximate surface area is 364 Å². The molecule has 0 unspecified atom stereocenters. The third-order valence-electron chi connectivity index (χ3n) is 7.72. The molecule has 314 valence electrons. The third kappa shape index (κ3) is 15.5. The van der Waals surface area contributed by atoms with Gasteiger partial charge in [-0.15, -0.1) is 0 Å². The molecule has 0 aliphatic heterocycles. The zero-order valence-electron chi connectivity index (χ0n) is 31.3. The van der Waals surface area contributed by atoms with Crippen LogP contribution < -0.4 is 31.9 Å². The fourth-order valence-electron chi connectivity index (χ4n) is 4.70. The lowest BCUT2D eigenvalue weighted by Gasteiger charge is -2.16. The van der Waals surface area contributed by atoms with Crippen LogP contribution >= 0.6 is 59.9 Å². The summed E-state index contributed by atoms with van der Waals surface area (Å²) in [5.41, 5.74) is 0.907. The number of alkyl halides is 3. The first-order chi connectivity index (χ1) is 27.9. The van der Waals surface area contributed by atoms with E-state index in [1.807, 2.05) is 30.3 Å². The molecule has 0 saturated heterocycles. The molecule has 0 amide bonds. The smallest absolute Gasteiger partial charge is 0.418 e. The molecule has 19 heteroatoms. The Morgan fingerprint density at radius 1 is 0.610 bits per heavy atom. The molecule has 59 heavy (non-hydrogen) atoms. The van der Waals surface area contributed by atoms with Crippen molar-refractivity contribution in [3.8, 4) is 17.2 Å². The highest BCUT2D eigenvalue weighted by molar-refractivity contribution is 7.81. The maximum atomic E-state index is 13.2. The van der Waals surface area contributed by atoms with Crippen molar-refractivity contribution >= 4 is 104 Å². The minimum absolute atomic E-state index is 0.0405. The van der Waals surface area contributed by atoms with Crippen LogP contribution in [0.2, 0.25) is 10.0 Å². The number of phenols is 3. The summed E-state index contributed by atoms with van der Waals surface area (Å²) in [5, 5.41) is 46.6. The Balaban J connectivity index is 0.000000238. The number of thiocarbonyl (C=S) groups is 3. The van der Waals surface area contributed by atoms with Gasteiger partial charge in [-0.25, -0.2) is 8.78 Å². The van der Waals surface area contributed by atoms with E-state index in [9.17, 15) is 37.3 Å². The number of aromatic hydroxyl groups is 3. The van der Waals surface area contributed by atoms with E-state index in [0.717, 1.165) is 43.6 Å². The molecule has 0 bridgehead atoms. The molecule has 0 aliphatic rings. The summed E-state index contributed by atoms with van der Waals surface area (Å²) < 4.78 is 64.8. The summed E-state index contributed by atoms with van der Waals surface area (Å²) in [6.07, 6.45) is -1.17. The van der Waals surface area contributed by atoms with Crippen molar-refractivity contribution in [3.63, 3.8) is 0 Å². The summed E-state index contributed by atoms with van der Waals surface area (Å²) in [6.45, 7) is 4.69. The number of rotatable bonds is 9. The predicted octanol–water partition coefficient (Wildman–Crippen LogP) is 12.2. The molecule has 0 atom stereocenters. The van der Waals surface area contributed by atoms with Crippen LogP contribution in [0.5, 0.6) is 17.2 Å². The van der Waals surface area contributed by atoms with Crippen LogP contribution in [0.15, 0.2) is 97.1 Å². The van der Waals surface area contributed by atoms with E-state index in [1.54, 1.807) is 13.0 Å². The number of anilines is 5. The van der Waals surface area contributed by atoms with Crippen LogP contribution in [0, 0.1) is 18.6 Å². The second-order valence-electron chi connectivity index (χ2n) is 12.1. The van der Waals surface area contributed by atoms with Crippen LogP contribution in [0.25, 0.3) is 0 Å². The Kier molecular flexibility index (Phi) is 19.1. The lowest BCUT2D eigenvalue weighted by atomic mass is 10.1. The fourth-order valence-corrected chi connectivity index (χ4v) is 5.81. The fraction of sp³-hybridized carbons (Fsp3) is 0.175. The second kappa shape index (κ2) is 23.4. The van der Waals surface area contributed by atoms with Gasteiger partial charge >= 0.3 is 6.18 Å². The van der Waals surface area contributed by atoms with Gasteiger partial charge in [0.25, 0.3) is 0 Å². The van der Waals surface area contributed by atoms with Crippen molar-refractivity contribution in [2.75, 3.05) is 33.1 Å². The van der Waals surface area contributed by atoms with Gasteiger partial charge < -0.3 is 47.2 Å². The number of nitrogens with one attached hydrogen (secondary N) is 6. The summed E-state index contributed by atoms with van der Waals surface area (Å²) >= 11 is 27.1. The molecule has 9 nitrogen and oxygen atoms in total. The van der Waals surface area contributed by atoms with Crippen molar-refractivity contribution < 1.29 is 37.3 Å². The normalized spacial score (nSPS) is 10.5. The molecule has 0 heterocycles. The zero-order chi connectivity index (χ0) is 43.7. The SMILES string of the molecule is CCCCCNC(=S)Nc1cc(Cl)c(C)c(Cl)c1O.Oc1c(F)cccc1NC(=S)Nc1ccccc1.Oc1c(F)cccc1NC(=S)Nc1ccccc1C(F)(F)F. The van der Waals surface area contributed by atoms with Gasteiger partial charge in [-0.2, -0.15) is 13.2 Å². The zero-order valence-corrected chi connectivity index (χ0v) is 35.2. The van der Waals surface area contributed by atoms with E-state index in [0.29, 0.717) is 21.4 Å². The molecule has 5 rings (SSSR count). The molecular formula is C40H39Cl2F5N6O3S3. The van der Waals surface area contributed by atoms with Crippen LogP contribution in [0.3, 0.4) is 0 Å². The highest BCUT2D eigenvalue weighted by Gasteiger charge is 2.33. The van der Waals surface area contributed by atoms with Gasteiger partial charge in [0.05, 0.1) is 33.3 Å². The number of benzene rings is 5.